The predicted molar refractivity (Wildman–Crippen MR) is 97.2 cm³/mol. The smallest absolute Gasteiger partial charge is 0.275 e. The van der Waals surface area contributed by atoms with E-state index in [-0.39, 0.29) is 28.5 Å². The topological polar surface area (TPSA) is 64.4 Å². The molecule has 0 bridgehead atoms. The highest BCUT2D eigenvalue weighted by Gasteiger charge is 2.42. The van der Waals surface area contributed by atoms with Gasteiger partial charge in [0.25, 0.3) is 5.69 Å². The molecule has 2 aromatic carbocycles. The average molecular weight is 336 g/mol. The van der Waals surface area contributed by atoms with Gasteiger partial charge in [-0.05, 0) is 42.5 Å². The molecule has 2 aromatic rings. The highest BCUT2D eigenvalue weighted by Crippen LogP contribution is 2.53. The van der Waals surface area contributed by atoms with Gasteiger partial charge in [0.05, 0.1) is 23.6 Å². The number of anilines is 1. The molecule has 4 rings (SSSR count). The number of nitro groups is 1. The van der Waals surface area contributed by atoms with Crippen molar-refractivity contribution in [3.63, 3.8) is 0 Å². The molecule has 1 aliphatic heterocycles. The number of nitro benzene ring substituents is 1. The number of hydrogen-bond donors (Lipinski definition) is 1. The number of nitrogens with zero attached hydrogens (tertiary/aromatic N) is 1. The van der Waals surface area contributed by atoms with E-state index < -0.39 is 0 Å². The maximum Gasteiger partial charge on any atom is 0.275 e. The Hall–Kier alpha value is -2.82. The van der Waals surface area contributed by atoms with Gasteiger partial charge in [0.2, 0.25) is 0 Å². The summed E-state index contributed by atoms with van der Waals surface area (Å²) >= 11 is 0. The van der Waals surface area contributed by atoms with E-state index in [1.54, 1.807) is 13.2 Å². The third kappa shape index (κ3) is 2.47. The SMILES string of the molecule is COc1cccc(C2Nc3c(C)ccc([N+](=O)[O-])c3C3C=CCC32)c1. The Kier molecular flexibility index (Phi) is 3.71. The summed E-state index contributed by atoms with van der Waals surface area (Å²) in [6.45, 7) is 2.00. The van der Waals surface area contributed by atoms with Gasteiger partial charge in [-0.2, -0.15) is 0 Å². The maximum atomic E-state index is 11.5. The van der Waals surface area contributed by atoms with Crippen LogP contribution in [0.1, 0.15) is 35.1 Å². The van der Waals surface area contributed by atoms with Crippen molar-refractivity contribution in [1.29, 1.82) is 0 Å². The second kappa shape index (κ2) is 5.92. The standard InChI is InChI=1S/C20H20N2O3/c1-12-9-10-17(22(23)24)18-15-7-4-8-16(15)20(21-19(12)18)13-5-3-6-14(11-13)25-2/h3-7,9-11,15-16,20-21H,8H2,1-2H3. The number of nitrogens with one attached hydrogen (secondary N) is 1. The number of allylic oxidation sites excluding steroid dienone is 2. The van der Waals surface area contributed by atoms with Gasteiger partial charge in [-0.3, -0.25) is 10.1 Å². The van der Waals surface area contributed by atoms with Crippen LogP contribution in [0, 0.1) is 23.0 Å². The normalized spacial score (nSPS) is 23.5. The Labute approximate surface area is 146 Å². The van der Waals surface area contributed by atoms with Gasteiger partial charge < -0.3 is 10.1 Å². The number of hydrogen-bond acceptors (Lipinski definition) is 4. The fourth-order valence-corrected chi connectivity index (χ4v) is 4.16. The molecular weight excluding hydrogens is 316 g/mol. The van der Waals surface area contributed by atoms with Crippen molar-refractivity contribution in [3.05, 3.63) is 75.4 Å². The van der Waals surface area contributed by atoms with E-state index in [0.717, 1.165) is 34.5 Å². The molecule has 1 N–H and O–H groups in total. The van der Waals surface area contributed by atoms with Crippen LogP contribution in [0.4, 0.5) is 11.4 Å². The van der Waals surface area contributed by atoms with Crippen molar-refractivity contribution >= 4 is 11.4 Å². The molecule has 3 atom stereocenters. The monoisotopic (exact) mass is 336 g/mol. The third-order valence-corrected chi connectivity index (χ3v) is 5.35. The van der Waals surface area contributed by atoms with Crippen LogP contribution in [0.2, 0.25) is 0 Å². The Morgan fingerprint density at radius 2 is 2.12 bits per heavy atom. The summed E-state index contributed by atoms with van der Waals surface area (Å²) in [5.41, 5.74) is 4.11. The number of rotatable bonds is 3. The van der Waals surface area contributed by atoms with Gasteiger partial charge in [0, 0.05) is 17.7 Å². The molecule has 0 amide bonds. The molecule has 1 heterocycles. The second-order valence-electron chi connectivity index (χ2n) is 6.70. The van der Waals surface area contributed by atoms with Gasteiger partial charge in [-0.15, -0.1) is 0 Å². The highest BCUT2D eigenvalue weighted by molar-refractivity contribution is 5.70. The van der Waals surface area contributed by atoms with E-state index in [0.29, 0.717) is 0 Å². The van der Waals surface area contributed by atoms with E-state index in [9.17, 15) is 10.1 Å². The van der Waals surface area contributed by atoms with Crippen LogP contribution in [0.3, 0.4) is 0 Å². The van der Waals surface area contributed by atoms with Crippen molar-refractivity contribution in [1.82, 2.24) is 0 Å². The molecule has 3 unspecified atom stereocenters. The Balaban J connectivity index is 1.85. The van der Waals surface area contributed by atoms with Crippen LogP contribution in [0.15, 0.2) is 48.6 Å². The lowest BCUT2D eigenvalue weighted by Crippen LogP contribution is -2.30. The fraction of sp³-hybridized carbons (Fsp3) is 0.300. The van der Waals surface area contributed by atoms with Crippen LogP contribution in [-0.4, -0.2) is 12.0 Å². The Morgan fingerprint density at radius 3 is 2.88 bits per heavy atom. The molecule has 0 saturated carbocycles. The Bertz CT molecular complexity index is 875. The molecule has 128 valence electrons. The second-order valence-corrected chi connectivity index (χ2v) is 6.70. The minimum atomic E-state index is -0.269. The maximum absolute atomic E-state index is 11.5. The van der Waals surface area contributed by atoms with Crippen LogP contribution >= 0.6 is 0 Å². The number of fused-ring (bicyclic) bond motifs is 3. The molecule has 0 spiro atoms. The molecule has 0 radical (unpaired) electrons. The lowest BCUT2D eigenvalue weighted by Gasteiger charge is -2.38. The molecule has 0 saturated heterocycles. The lowest BCUT2D eigenvalue weighted by molar-refractivity contribution is -0.385. The highest BCUT2D eigenvalue weighted by atomic mass is 16.6. The van der Waals surface area contributed by atoms with Crippen LogP contribution < -0.4 is 10.1 Å². The van der Waals surface area contributed by atoms with Crippen molar-refractivity contribution in [2.45, 2.75) is 25.3 Å². The average Bonchev–Trinajstić information content (AvgIpc) is 3.11. The molecule has 5 heteroatoms. The van der Waals surface area contributed by atoms with E-state index in [1.807, 2.05) is 31.2 Å². The summed E-state index contributed by atoms with van der Waals surface area (Å²) in [7, 11) is 1.66. The van der Waals surface area contributed by atoms with Gasteiger partial charge in [0.1, 0.15) is 5.75 Å². The van der Waals surface area contributed by atoms with E-state index in [4.69, 9.17) is 4.74 Å². The fourth-order valence-electron chi connectivity index (χ4n) is 4.16. The first-order valence-electron chi connectivity index (χ1n) is 8.45. The predicted octanol–water partition coefficient (Wildman–Crippen LogP) is 4.74. The number of ether oxygens (including phenoxy) is 1. The van der Waals surface area contributed by atoms with Gasteiger partial charge >= 0.3 is 0 Å². The summed E-state index contributed by atoms with van der Waals surface area (Å²) in [5.74, 6) is 1.15. The zero-order valence-electron chi connectivity index (χ0n) is 14.2. The number of benzene rings is 2. The van der Waals surface area contributed by atoms with E-state index >= 15 is 0 Å². The first-order valence-corrected chi connectivity index (χ1v) is 8.45. The summed E-state index contributed by atoms with van der Waals surface area (Å²) in [6, 6.07) is 11.6. The van der Waals surface area contributed by atoms with Gasteiger partial charge in [0.15, 0.2) is 0 Å². The van der Waals surface area contributed by atoms with E-state index in [1.165, 1.54) is 0 Å². The van der Waals surface area contributed by atoms with Crippen molar-refractivity contribution in [2.24, 2.45) is 5.92 Å². The van der Waals surface area contributed by atoms with Crippen LogP contribution in [-0.2, 0) is 0 Å². The number of aryl methyl sites for hydroxylation is 1. The first-order chi connectivity index (χ1) is 12.1. The molecule has 0 fully saturated rings. The molecule has 0 aromatic heterocycles. The minimum absolute atomic E-state index is 0.0627. The largest absolute Gasteiger partial charge is 0.497 e. The Morgan fingerprint density at radius 1 is 1.28 bits per heavy atom. The lowest BCUT2D eigenvalue weighted by atomic mass is 9.75. The number of methoxy groups -OCH3 is 1. The summed E-state index contributed by atoms with van der Waals surface area (Å²) in [6.07, 6.45) is 5.18. The quantitative estimate of drug-likeness (QED) is 0.499. The summed E-state index contributed by atoms with van der Waals surface area (Å²) in [4.78, 5) is 11.3. The molecular formula is C20H20N2O3. The van der Waals surface area contributed by atoms with Crippen molar-refractivity contribution < 1.29 is 9.66 Å². The molecule has 5 nitrogen and oxygen atoms in total. The van der Waals surface area contributed by atoms with Crippen molar-refractivity contribution in [2.75, 3.05) is 12.4 Å². The molecule has 25 heavy (non-hydrogen) atoms. The zero-order chi connectivity index (χ0) is 17.6. The minimum Gasteiger partial charge on any atom is -0.497 e. The summed E-state index contributed by atoms with van der Waals surface area (Å²) < 4.78 is 5.37. The third-order valence-electron chi connectivity index (χ3n) is 5.35. The first kappa shape index (κ1) is 15.7. The van der Waals surface area contributed by atoms with Gasteiger partial charge in [-0.1, -0.05) is 30.4 Å². The molecule has 1 aliphatic carbocycles. The van der Waals surface area contributed by atoms with Crippen LogP contribution in [0.5, 0.6) is 5.75 Å². The van der Waals surface area contributed by atoms with Gasteiger partial charge in [-0.25, -0.2) is 0 Å². The molecule has 2 aliphatic rings. The summed E-state index contributed by atoms with van der Waals surface area (Å²) in [5, 5.41) is 15.1. The zero-order valence-corrected chi connectivity index (χ0v) is 14.2. The van der Waals surface area contributed by atoms with Crippen molar-refractivity contribution in [3.8, 4) is 5.75 Å². The van der Waals surface area contributed by atoms with Crippen LogP contribution in [0.25, 0.3) is 0 Å². The van der Waals surface area contributed by atoms with E-state index in [2.05, 4.69) is 23.5 Å².